The molecular formula is C21H18O11. The summed E-state index contributed by atoms with van der Waals surface area (Å²) in [5, 5.41) is 59.2. The minimum Gasteiger partial charge on any atom is -0.504 e. The quantitative estimate of drug-likeness (QED) is 0.299. The van der Waals surface area contributed by atoms with E-state index in [1.807, 2.05) is 0 Å². The van der Waals surface area contributed by atoms with Crippen molar-refractivity contribution < 1.29 is 49.3 Å². The van der Waals surface area contributed by atoms with Crippen LogP contribution in [0.2, 0.25) is 0 Å². The Kier molecular flexibility index (Phi) is 5.48. The lowest BCUT2D eigenvalue weighted by Crippen LogP contribution is -2.61. The number of carboxylic acids is 1. The van der Waals surface area contributed by atoms with E-state index in [-0.39, 0.29) is 16.7 Å². The van der Waals surface area contributed by atoms with E-state index in [0.717, 1.165) is 12.1 Å². The first-order valence-electron chi connectivity index (χ1n) is 9.36. The van der Waals surface area contributed by atoms with Gasteiger partial charge in [0.2, 0.25) is 12.0 Å². The van der Waals surface area contributed by atoms with E-state index >= 15 is 0 Å². The van der Waals surface area contributed by atoms with Gasteiger partial charge in [0.1, 0.15) is 35.0 Å². The average Bonchev–Trinajstić information content (AvgIpc) is 2.77. The molecule has 0 saturated carbocycles. The number of fused-ring (bicyclic) bond motifs is 1. The number of aromatic hydroxyl groups is 2. The summed E-state index contributed by atoms with van der Waals surface area (Å²) >= 11 is 0. The van der Waals surface area contributed by atoms with Crippen LogP contribution in [0.15, 0.2) is 51.7 Å². The molecule has 4 rings (SSSR count). The Labute approximate surface area is 178 Å². The van der Waals surface area contributed by atoms with Crippen molar-refractivity contribution >= 4 is 16.9 Å². The van der Waals surface area contributed by atoms with Gasteiger partial charge in [-0.1, -0.05) is 30.3 Å². The molecule has 32 heavy (non-hydrogen) atoms. The maximum Gasteiger partial charge on any atom is 0.335 e. The van der Waals surface area contributed by atoms with Gasteiger partial charge in [0.15, 0.2) is 23.0 Å². The lowest BCUT2D eigenvalue weighted by Gasteiger charge is -2.38. The number of aliphatic hydroxyl groups is 3. The highest BCUT2D eigenvalue weighted by molar-refractivity contribution is 5.89. The van der Waals surface area contributed by atoms with Crippen LogP contribution >= 0.6 is 0 Å². The molecule has 0 bridgehead atoms. The molecule has 1 fully saturated rings. The van der Waals surface area contributed by atoms with Crippen molar-refractivity contribution in [1.82, 2.24) is 0 Å². The van der Waals surface area contributed by atoms with E-state index < -0.39 is 59.4 Å². The van der Waals surface area contributed by atoms with Gasteiger partial charge in [-0.15, -0.1) is 0 Å². The highest BCUT2D eigenvalue weighted by Crippen LogP contribution is 2.42. The molecular weight excluding hydrogens is 428 g/mol. The van der Waals surface area contributed by atoms with E-state index in [1.165, 1.54) is 0 Å². The van der Waals surface area contributed by atoms with Crippen LogP contribution in [-0.2, 0) is 9.53 Å². The Morgan fingerprint density at radius 1 is 0.938 bits per heavy atom. The summed E-state index contributed by atoms with van der Waals surface area (Å²) in [7, 11) is 0. The lowest BCUT2D eigenvalue weighted by molar-refractivity contribution is -0.271. The van der Waals surface area contributed by atoms with Gasteiger partial charge in [0.25, 0.3) is 0 Å². The second kappa shape index (κ2) is 8.13. The largest absolute Gasteiger partial charge is 0.504 e. The molecule has 1 aliphatic heterocycles. The van der Waals surface area contributed by atoms with Gasteiger partial charge in [-0.3, -0.25) is 4.79 Å². The van der Waals surface area contributed by atoms with Crippen molar-refractivity contribution in [2.45, 2.75) is 30.7 Å². The summed E-state index contributed by atoms with van der Waals surface area (Å²) in [6, 6.07) is 10.8. The normalized spacial score (nSPS) is 25.5. The number of phenolic OH excluding ortho intramolecular Hbond substituents is 2. The maximum atomic E-state index is 12.5. The fourth-order valence-electron chi connectivity index (χ4n) is 3.38. The fourth-order valence-corrected chi connectivity index (χ4v) is 3.38. The third kappa shape index (κ3) is 3.63. The minimum atomic E-state index is -1.94. The Bertz CT molecular complexity index is 1220. The van der Waals surface area contributed by atoms with Crippen LogP contribution in [0.3, 0.4) is 0 Å². The van der Waals surface area contributed by atoms with Crippen molar-refractivity contribution in [3.63, 3.8) is 0 Å². The summed E-state index contributed by atoms with van der Waals surface area (Å²) in [6.45, 7) is 0. The Morgan fingerprint density at radius 2 is 1.62 bits per heavy atom. The van der Waals surface area contributed by atoms with Crippen molar-refractivity contribution in [3.8, 4) is 28.6 Å². The fraction of sp³-hybridized carbons (Fsp3) is 0.238. The van der Waals surface area contributed by atoms with Crippen LogP contribution in [-0.4, -0.2) is 67.3 Å². The topological polar surface area (TPSA) is 187 Å². The molecule has 168 valence electrons. The second-order valence-electron chi connectivity index (χ2n) is 7.14. The number of carboxylic acid groups (broad SMARTS) is 1. The summed E-state index contributed by atoms with van der Waals surface area (Å²) in [6.07, 6.45) is -9.56. The molecule has 0 amide bonds. The zero-order chi connectivity index (χ0) is 23.2. The van der Waals surface area contributed by atoms with E-state index in [9.17, 15) is 35.1 Å². The molecule has 11 nitrogen and oxygen atoms in total. The van der Waals surface area contributed by atoms with Crippen LogP contribution in [0.1, 0.15) is 0 Å². The molecule has 0 aliphatic carbocycles. The Hall–Kier alpha value is -3.64. The molecule has 5 atom stereocenters. The van der Waals surface area contributed by atoms with E-state index in [2.05, 4.69) is 0 Å². The number of rotatable bonds is 4. The molecule has 2 unspecified atom stereocenters. The van der Waals surface area contributed by atoms with Gasteiger partial charge >= 0.3 is 5.97 Å². The van der Waals surface area contributed by atoms with Crippen molar-refractivity contribution in [3.05, 3.63) is 52.7 Å². The standard InChI is InChI=1S/C21H18O11/c22-9-6-10(8-4-2-1-3-5-8)30-11-7-12(14(23)15(24)13(9)11)31-21-18(27)16(25)17(26)19(32-21)20(28)29/h1-7,16-19,21,23-27H,(H,28,29)/t16-,17+,18?,19?,21+/m0/s1. The lowest BCUT2D eigenvalue weighted by atomic mass is 9.99. The molecule has 2 aromatic carbocycles. The first-order chi connectivity index (χ1) is 15.2. The Morgan fingerprint density at radius 3 is 2.28 bits per heavy atom. The molecule has 0 radical (unpaired) electrons. The van der Waals surface area contributed by atoms with Gasteiger partial charge in [-0.05, 0) is 0 Å². The van der Waals surface area contributed by atoms with Gasteiger partial charge in [-0.25, -0.2) is 4.79 Å². The van der Waals surface area contributed by atoms with Crippen molar-refractivity contribution in [2.24, 2.45) is 0 Å². The third-order valence-electron chi connectivity index (χ3n) is 5.05. The molecule has 0 spiro atoms. The molecule has 3 aromatic rings. The summed E-state index contributed by atoms with van der Waals surface area (Å²) < 4.78 is 16.0. The summed E-state index contributed by atoms with van der Waals surface area (Å²) in [4.78, 5) is 23.8. The zero-order valence-corrected chi connectivity index (χ0v) is 16.2. The van der Waals surface area contributed by atoms with Gasteiger partial charge in [0, 0.05) is 17.7 Å². The number of hydrogen-bond donors (Lipinski definition) is 6. The first-order valence-corrected chi connectivity index (χ1v) is 9.36. The van der Waals surface area contributed by atoms with E-state index in [4.69, 9.17) is 19.0 Å². The van der Waals surface area contributed by atoms with Crippen molar-refractivity contribution in [2.75, 3.05) is 0 Å². The van der Waals surface area contributed by atoms with Crippen LogP contribution in [0.4, 0.5) is 0 Å². The third-order valence-corrected chi connectivity index (χ3v) is 5.05. The number of ether oxygens (including phenoxy) is 2. The molecule has 1 aromatic heterocycles. The highest BCUT2D eigenvalue weighted by Gasteiger charge is 2.48. The monoisotopic (exact) mass is 446 g/mol. The van der Waals surface area contributed by atoms with Crippen LogP contribution in [0, 0.1) is 0 Å². The summed E-state index contributed by atoms with van der Waals surface area (Å²) in [5.74, 6) is -3.76. The minimum absolute atomic E-state index is 0.164. The first kappa shape index (κ1) is 21.6. The molecule has 11 heteroatoms. The Balaban J connectivity index is 1.77. The number of carbonyl (C=O) groups is 1. The summed E-state index contributed by atoms with van der Waals surface area (Å²) in [5.41, 5.74) is -0.265. The number of phenols is 2. The molecule has 6 N–H and O–H groups in total. The highest BCUT2D eigenvalue weighted by atomic mass is 16.7. The van der Waals surface area contributed by atoms with E-state index in [1.54, 1.807) is 30.3 Å². The van der Waals surface area contributed by atoms with Gasteiger partial charge < -0.3 is 44.5 Å². The average molecular weight is 446 g/mol. The number of hydrogen-bond acceptors (Lipinski definition) is 10. The predicted octanol–water partition coefficient (Wildman–Crippen LogP) is 0.142. The van der Waals surface area contributed by atoms with Gasteiger partial charge in [0.05, 0.1) is 0 Å². The molecule has 1 saturated heterocycles. The van der Waals surface area contributed by atoms with Crippen LogP contribution in [0.25, 0.3) is 22.3 Å². The number of benzene rings is 2. The molecule has 2 heterocycles. The van der Waals surface area contributed by atoms with Crippen molar-refractivity contribution in [1.29, 1.82) is 0 Å². The maximum absolute atomic E-state index is 12.5. The smallest absolute Gasteiger partial charge is 0.335 e. The number of aliphatic hydroxyl groups excluding tert-OH is 3. The van der Waals surface area contributed by atoms with Crippen LogP contribution < -0.4 is 10.2 Å². The zero-order valence-electron chi connectivity index (χ0n) is 16.2. The second-order valence-corrected chi connectivity index (χ2v) is 7.14. The molecule has 1 aliphatic rings. The van der Waals surface area contributed by atoms with Crippen LogP contribution in [0.5, 0.6) is 17.2 Å². The number of aliphatic carboxylic acids is 1. The SMILES string of the molecule is O=C(O)C1O[C@@H](Oc2cc3oc(-c4ccccc4)cc(=O)c3c(O)c2O)C(O)[C@@H](O)[C@H]1O. The predicted molar refractivity (Wildman–Crippen MR) is 106 cm³/mol. The van der Waals surface area contributed by atoms with Gasteiger partial charge in [-0.2, -0.15) is 0 Å². The van der Waals surface area contributed by atoms with E-state index in [0.29, 0.717) is 5.56 Å².